The number of fused-ring (bicyclic) bond motifs is 2. The van der Waals surface area contributed by atoms with Gasteiger partial charge in [0.05, 0.1) is 5.52 Å². The summed E-state index contributed by atoms with van der Waals surface area (Å²) in [6.45, 7) is 4.22. The lowest BCUT2D eigenvalue weighted by Crippen LogP contribution is -2.00. The zero-order valence-electron chi connectivity index (χ0n) is 9.80. The summed E-state index contributed by atoms with van der Waals surface area (Å²) >= 11 is 0. The van der Waals surface area contributed by atoms with E-state index in [1.54, 1.807) is 0 Å². The molecule has 82 valence electrons. The largest absolute Gasteiger partial charge is 0.398 e. The highest BCUT2D eigenvalue weighted by Crippen LogP contribution is 2.33. The molecule has 1 aliphatic carbocycles. The average Bonchev–Trinajstić information content (AvgIpc) is 2.68. The molecule has 0 saturated carbocycles. The van der Waals surface area contributed by atoms with Crippen molar-refractivity contribution >= 4 is 16.6 Å². The molecule has 2 nitrogen and oxygen atoms in total. The van der Waals surface area contributed by atoms with Gasteiger partial charge in [-0.3, -0.25) is 4.98 Å². The van der Waals surface area contributed by atoms with Crippen molar-refractivity contribution in [2.45, 2.75) is 33.1 Å². The molecule has 1 aromatic heterocycles. The van der Waals surface area contributed by atoms with E-state index in [0.717, 1.165) is 29.4 Å². The molecular formula is C14H16N2. The smallest absolute Gasteiger partial charge is 0.0755 e. The van der Waals surface area contributed by atoms with Crippen LogP contribution in [0, 0.1) is 13.8 Å². The highest BCUT2D eigenvalue weighted by Gasteiger charge is 2.18. The SMILES string of the molecule is Cc1cc(C)c2nc3c(c(N)c2c1)CCC3. The van der Waals surface area contributed by atoms with Crippen molar-refractivity contribution < 1.29 is 0 Å². The minimum Gasteiger partial charge on any atom is -0.398 e. The highest BCUT2D eigenvalue weighted by molar-refractivity contribution is 5.94. The third kappa shape index (κ3) is 1.22. The number of rotatable bonds is 0. The van der Waals surface area contributed by atoms with Gasteiger partial charge in [-0.15, -0.1) is 0 Å². The maximum absolute atomic E-state index is 6.27. The molecule has 1 heterocycles. The molecule has 0 atom stereocenters. The van der Waals surface area contributed by atoms with E-state index in [9.17, 15) is 0 Å². The molecule has 2 heteroatoms. The van der Waals surface area contributed by atoms with E-state index in [1.807, 2.05) is 0 Å². The Morgan fingerprint density at radius 3 is 2.81 bits per heavy atom. The minimum absolute atomic E-state index is 0.962. The Hall–Kier alpha value is -1.57. The monoisotopic (exact) mass is 212 g/mol. The Morgan fingerprint density at radius 2 is 2.00 bits per heavy atom. The van der Waals surface area contributed by atoms with E-state index < -0.39 is 0 Å². The van der Waals surface area contributed by atoms with Crippen molar-refractivity contribution in [3.8, 4) is 0 Å². The minimum atomic E-state index is 0.962. The van der Waals surface area contributed by atoms with Gasteiger partial charge in [-0.25, -0.2) is 0 Å². The zero-order chi connectivity index (χ0) is 11.3. The van der Waals surface area contributed by atoms with Crippen LogP contribution in [0.1, 0.15) is 28.8 Å². The Morgan fingerprint density at radius 1 is 1.19 bits per heavy atom. The first kappa shape index (κ1) is 9.64. The fourth-order valence-electron chi connectivity index (χ4n) is 2.75. The summed E-state index contributed by atoms with van der Waals surface area (Å²) in [6, 6.07) is 4.33. The van der Waals surface area contributed by atoms with E-state index in [4.69, 9.17) is 10.7 Å². The summed E-state index contributed by atoms with van der Waals surface area (Å²) in [4.78, 5) is 4.78. The maximum atomic E-state index is 6.27. The fourth-order valence-corrected chi connectivity index (χ4v) is 2.75. The van der Waals surface area contributed by atoms with Crippen molar-refractivity contribution in [3.05, 3.63) is 34.5 Å². The number of nitrogens with zero attached hydrogens (tertiary/aromatic N) is 1. The number of nitrogens with two attached hydrogens (primary N) is 1. The van der Waals surface area contributed by atoms with Crippen LogP contribution >= 0.6 is 0 Å². The van der Waals surface area contributed by atoms with Gasteiger partial charge in [0.1, 0.15) is 0 Å². The van der Waals surface area contributed by atoms with Gasteiger partial charge in [0.15, 0.2) is 0 Å². The third-order valence-electron chi connectivity index (χ3n) is 3.50. The summed E-state index contributed by atoms with van der Waals surface area (Å²) < 4.78 is 0. The van der Waals surface area contributed by atoms with Crippen LogP contribution in [-0.4, -0.2) is 4.98 Å². The molecule has 0 fully saturated rings. The summed E-state index contributed by atoms with van der Waals surface area (Å²) in [6.07, 6.45) is 3.38. The quantitative estimate of drug-likeness (QED) is 0.729. The summed E-state index contributed by atoms with van der Waals surface area (Å²) in [7, 11) is 0. The molecule has 0 spiro atoms. The van der Waals surface area contributed by atoms with E-state index >= 15 is 0 Å². The molecule has 2 aromatic rings. The van der Waals surface area contributed by atoms with E-state index in [0.29, 0.717) is 0 Å². The summed E-state index contributed by atoms with van der Waals surface area (Å²) in [5.74, 6) is 0. The van der Waals surface area contributed by atoms with Gasteiger partial charge >= 0.3 is 0 Å². The maximum Gasteiger partial charge on any atom is 0.0755 e. The first-order valence-electron chi connectivity index (χ1n) is 5.85. The topological polar surface area (TPSA) is 38.9 Å². The lowest BCUT2D eigenvalue weighted by Gasteiger charge is -2.10. The normalized spacial score (nSPS) is 14.4. The van der Waals surface area contributed by atoms with Gasteiger partial charge < -0.3 is 5.73 Å². The number of hydrogen-bond acceptors (Lipinski definition) is 2. The Labute approximate surface area is 95.5 Å². The van der Waals surface area contributed by atoms with Gasteiger partial charge in [0.2, 0.25) is 0 Å². The van der Waals surface area contributed by atoms with Gasteiger partial charge in [0, 0.05) is 16.8 Å². The molecular weight excluding hydrogens is 196 g/mol. The Kier molecular flexibility index (Phi) is 1.93. The zero-order valence-corrected chi connectivity index (χ0v) is 9.80. The highest BCUT2D eigenvalue weighted by atomic mass is 14.7. The van der Waals surface area contributed by atoms with Gasteiger partial charge in [0.25, 0.3) is 0 Å². The Bertz CT molecular complexity index is 585. The van der Waals surface area contributed by atoms with E-state index in [-0.39, 0.29) is 0 Å². The van der Waals surface area contributed by atoms with Crippen LogP contribution < -0.4 is 5.73 Å². The van der Waals surface area contributed by atoms with Crippen LogP contribution in [0.2, 0.25) is 0 Å². The van der Waals surface area contributed by atoms with Crippen LogP contribution in [0.15, 0.2) is 12.1 Å². The molecule has 1 aliphatic rings. The second-order valence-electron chi connectivity index (χ2n) is 4.78. The molecule has 0 aliphatic heterocycles. The number of aryl methyl sites for hydroxylation is 3. The molecule has 0 amide bonds. The third-order valence-corrected chi connectivity index (χ3v) is 3.50. The standard InChI is InChI=1S/C14H16N2/c1-8-6-9(2)14-11(7-8)13(15)10-4-3-5-12(10)16-14/h6-7H,3-5H2,1-2H3,(H2,15,16). The number of pyridine rings is 1. The lowest BCUT2D eigenvalue weighted by molar-refractivity contribution is 0.901. The van der Waals surface area contributed by atoms with Crippen molar-refractivity contribution in [3.63, 3.8) is 0 Å². The molecule has 0 saturated heterocycles. The number of nitrogen functional groups attached to an aromatic ring is 1. The van der Waals surface area contributed by atoms with Gasteiger partial charge in [-0.2, -0.15) is 0 Å². The molecule has 2 N–H and O–H groups in total. The van der Waals surface area contributed by atoms with Crippen molar-refractivity contribution in [2.24, 2.45) is 0 Å². The van der Waals surface area contributed by atoms with Gasteiger partial charge in [-0.1, -0.05) is 11.6 Å². The predicted molar refractivity (Wildman–Crippen MR) is 67.7 cm³/mol. The predicted octanol–water partition coefficient (Wildman–Crippen LogP) is 2.92. The molecule has 0 unspecified atom stereocenters. The van der Waals surface area contributed by atoms with E-state index in [2.05, 4.69) is 26.0 Å². The number of anilines is 1. The van der Waals surface area contributed by atoms with Crippen molar-refractivity contribution in [1.29, 1.82) is 0 Å². The summed E-state index contributed by atoms with van der Waals surface area (Å²) in [5, 5.41) is 1.14. The van der Waals surface area contributed by atoms with E-state index in [1.165, 1.54) is 28.8 Å². The second kappa shape index (κ2) is 3.21. The number of hydrogen-bond donors (Lipinski definition) is 1. The molecule has 3 rings (SSSR count). The van der Waals surface area contributed by atoms with Gasteiger partial charge in [-0.05, 0) is 50.3 Å². The fraction of sp³-hybridized carbons (Fsp3) is 0.357. The van der Waals surface area contributed by atoms with Crippen LogP contribution in [-0.2, 0) is 12.8 Å². The van der Waals surface area contributed by atoms with Crippen molar-refractivity contribution in [1.82, 2.24) is 4.98 Å². The molecule has 1 aromatic carbocycles. The second-order valence-corrected chi connectivity index (χ2v) is 4.78. The first-order chi connectivity index (χ1) is 7.66. The van der Waals surface area contributed by atoms with Crippen LogP contribution in [0.3, 0.4) is 0 Å². The Balaban J connectivity index is 2.46. The van der Waals surface area contributed by atoms with Crippen molar-refractivity contribution in [2.75, 3.05) is 5.73 Å². The van der Waals surface area contributed by atoms with Crippen LogP contribution in [0.4, 0.5) is 5.69 Å². The molecule has 0 bridgehead atoms. The lowest BCUT2D eigenvalue weighted by atomic mass is 10.0. The van der Waals surface area contributed by atoms with Crippen LogP contribution in [0.5, 0.6) is 0 Å². The van der Waals surface area contributed by atoms with Crippen LogP contribution in [0.25, 0.3) is 10.9 Å². The average molecular weight is 212 g/mol. The molecule has 16 heavy (non-hydrogen) atoms. The molecule has 0 radical (unpaired) electrons. The number of benzene rings is 1. The first-order valence-corrected chi connectivity index (χ1v) is 5.85. The summed E-state index contributed by atoms with van der Waals surface area (Å²) in [5.41, 5.74) is 13.3. The number of aromatic nitrogens is 1.